The molecule has 2 bridgehead atoms. The Kier molecular flexibility index (Phi) is 3.08. The van der Waals surface area contributed by atoms with Crippen molar-refractivity contribution in [1.82, 2.24) is 0 Å². The third-order valence-corrected chi connectivity index (χ3v) is 9.32. The summed E-state index contributed by atoms with van der Waals surface area (Å²) in [6.45, 7) is 4.11. The number of hydrogen-bond donors (Lipinski definition) is 0. The highest BCUT2D eigenvalue weighted by atomic mass is 79.9. The van der Waals surface area contributed by atoms with E-state index in [1.807, 2.05) is 0 Å². The molecule has 15 heavy (non-hydrogen) atoms. The average molecular weight is 468 g/mol. The van der Waals surface area contributed by atoms with Crippen LogP contribution < -0.4 is 0 Å². The van der Waals surface area contributed by atoms with E-state index in [9.17, 15) is 4.79 Å². The van der Waals surface area contributed by atoms with Crippen LogP contribution in [0.5, 0.6) is 0 Å². The van der Waals surface area contributed by atoms with E-state index in [0.717, 1.165) is 12.8 Å². The average Bonchev–Trinajstić information content (AvgIpc) is 2.45. The van der Waals surface area contributed by atoms with Crippen LogP contribution in [0.25, 0.3) is 0 Å². The molecular weight excluding hydrogens is 456 g/mol. The number of carbonyl (C=O) groups is 1. The van der Waals surface area contributed by atoms with Crippen LogP contribution in [0.3, 0.4) is 0 Å². The summed E-state index contributed by atoms with van der Waals surface area (Å²) in [5.41, 5.74) is -0.353. The minimum absolute atomic E-state index is 0.0480. The van der Waals surface area contributed by atoms with Crippen LogP contribution in [0.4, 0.5) is 0 Å². The number of Topliss-reactive ketones (excluding diaryl/α,β-unsaturated/α-hetero) is 1. The monoisotopic (exact) mass is 464 g/mol. The highest BCUT2D eigenvalue weighted by Crippen LogP contribution is 2.72. The molecule has 86 valence electrons. The van der Waals surface area contributed by atoms with Gasteiger partial charge in [-0.25, -0.2) is 0 Å². The van der Waals surface area contributed by atoms with Crippen molar-refractivity contribution in [1.29, 1.82) is 0 Å². The molecule has 0 aromatic carbocycles. The molecule has 2 aliphatic carbocycles. The molecule has 0 amide bonds. The number of alkyl halides is 4. The fourth-order valence-electron chi connectivity index (χ4n) is 3.13. The Bertz CT molecular complexity index is 327. The van der Waals surface area contributed by atoms with E-state index in [1.54, 1.807) is 0 Å². The van der Waals surface area contributed by atoms with Gasteiger partial charge in [0, 0.05) is 15.7 Å². The molecule has 0 heterocycles. The Morgan fingerprint density at radius 1 is 1.33 bits per heavy atom. The molecule has 0 aromatic rings. The zero-order valence-corrected chi connectivity index (χ0v) is 14.8. The van der Waals surface area contributed by atoms with Crippen LogP contribution in [-0.4, -0.2) is 18.7 Å². The van der Waals surface area contributed by atoms with E-state index in [-0.39, 0.29) is 23.7 Å². The molecule has 1 nitrogen and oxygen atoms in total. The number of rotatable bonds is 1. The molecule has 0 unspecified atom stereocenters. The lowest BCUT2D eigenvalue weighted by Gasteiger charge is -2.43. The van der Waals surface area contributed by atoms with E-state index in [0.29, 0.717) is 5.78 Å². The second-order valence-corrected chi connectivity index (χ2v) is 10.4. The van der Waals surface area contributed by atoms with Crippen molar-refractivity contribution in [3.8, 4) is 0 Å². The second kappa shape index (κ2) is 3.55. The van der Waals surface area contributed by atoms with Crippen molar-refractivity contribution in [3.05, 3.63) is 0 Å². The number of halogens is 4. The molecule has 2 saturated carbocycles. The summed E-state index contributed by atoms with van der Waals surface area (Å²) in [6.07, 6.45) is 1.97. The molecule has 0 aliphatic heterocycles. The number of carbonyl (C=O) groups excluding carboxylic acids is 1. The maximum Gasteiger partial charge on any atom is 0.156 e. The molecule has 0 spiro atoms. The van der Waals surface area contributed by atoms with Crippen molar-refractivity contribution in [2.24, 2.45) is 10.8 Å². The normalized spacial score (nSPS) is 47.9. The predicted octanol–water partition coefficient (Wildman–Crippen LogP) is 4.39. The predicted molar refractivity (Wildman–Crippen MR) is 76.5 cm³/mol. The third-order valence-electron chi connectivity index (χ3n) is 4.25. The zero-order chi connectivity index (χ0) is 11.6. The second-order valence-electron chi connectivity index (χ2n) is 5.02. The van der Waals surface area contributed by atoms with Crippen molar-refractivity contribution in [3.63, 3.8) is 0 Å². The fraction of sp³-hybridized carbons (Fsp3) is 0.900. The van der Waals surface area contributed by atoms with Gasteiger partial charge >= 0.3 is 0 Å². The summed E-state index contributed by atoms with van der Waals surface area (Å²) < 4.78 is -0.209. The van der Waals surface area contributed by atoms with Gasteiger partial charge in [-0.05, 0) is 12.8 Å². The largest absolute Gasteiger partial charge is 0.297 e. The minimum atomic E-state index is -0.365. The van der Waals surface area contributed by atoms with E-state index in [1.165, 1.54) is 0 Å². The topological polar surface area (TPSA) is 17.1 Å². The molecule has 0 N–H and O–H groups in total. The quantitative estimate of drug-likeness (QED) is 0.523. The van der Waals surface area contributed by atoms with Gasteiger partial charge in [-0.3, -0.25) is 4.79 Å². The van der Waals surface area contributed by atoms with Gasteiger partial charge < -0.3 is 0 Å². The summed E-state index contributed by atoms with van der Waals surface area (Å²) in [6, 6.07) is 0. The summed E-state index contributed by atoms with van der Waals surface area (Å²) in [5.74, 6) is 0.326. The van der Waals surface area contributed by atoms with Crippen molar-refractivity contribution < 1.29 is 4.79 Å². The first-order valence-electron chi connectivity index (χ1n) is 4.87. The highest BCUT2D eigenvalue weighted by Gasteiger charge is 2.75. The standard InChI is InChI=1S/C10H12Br4O/c1-8(2)6(15)10(14)4-3-9(8,5(10)11)7(12)13/h5,7H,3-4H2,1-2H3/t5-,9-,10-/m0/s1. The maximum atomic E-state index is 12.4. The van der Waals surface area contributed by atoms with Crippen LogP contribution in [0.15, 0.2) is 0 Å². The van der Waals surface area contributed by atoms with Gasteiger partial charge in [-0.2, -0.15) is 0 Å². The highest BCUT2D eigenvalue weighted by molar-refractivity contribution is 9.24. The Morgan fingerprint density at radius 2 is 1.87 bits per heavy atom. The van der Waals surface area contributed by atoms with Crippen molar-refractivity contribution >= 4 is 69.5 Å². The van der Waals surface area contributed by atoms with Crippen molar-refractivity contribution in [2.75, 3.05) is 0 Å². The third kappa shape index (κ3) is 1.27. The number of hydrogen-bond acceptors (Lipinski definition) is 1. The lowest BCUT2D eigenvalue weighted by Crippen LogP contribution is -2.45. The smallest absolute Gasteiger partial charge is 0.156 e. The van der Waals surface area contributed by atoms with E-state index in [4.69, 9.17) is 0 Å². The molecule has 2 aliphatic rings. The Labute approximate surface area is 124 Å². The molecule has 5 heteroatoms. The van der Waals surface area contributed by atoms with Gasteiger partial charge in [0.2, 0.25) is 0 Å². The van der Waals surface area contributed by atoms with Crippen molar-refractivity contribution in [2.45, 2.75) is 39.6 Å². The van der Waals surface area contributed by atoms with Gasteiger partial charge in [0.05, 0.1) is 8.06 Å². The SMILES string of the molecule is CC1(C)C(=O)[C@]2(Br)CC[C@@]1(C(Br)Br)[C@@H]2Br. The number of ketones is 1. The van der Waals surface area contributed by atoms with Gasteiger partial charge in [-0.1, -0.05) is 77.6 Å². The van der Waals surface area contributed by atoms with Gasteiger partial charge in [0.1, 0.15) is 0 Å². The summed E-state index contributed by atoms with van der Waals surface area (Å²) in [7, 11) is 0. The van der Waals surface area contributed by atoms with Crippen LogP contribution in [0, 0.1) is 10.8 Å². The van der Waals surface area contributed by atoms with Crippen LogP contribution >= 0.6 is 63.7 Å². The fourth-order valence-corrected chi connectivity index (χ4v) is 8.58. The first-order valence-corrected chi connectivity index (χ1v) is 8.41. The van der Waals surface area contributed by atoms with Gasteiger partial charge in [0.25, 0.3) is 0 Å². The Morgan fingerprint density at radius 3 is 2.13 bits per heavy atom. The van der Waals surface area contributed by atoms with E-state index in [2.05, 4.69) is 77.6 Å². The molecule has 3 atom stereocenters. The molecule has 0 saturated heterocycles. The molecule has 2 fully saturated rings. The summed E-state index contributed by atoms with van der Waals surface area (Å²) in [5, 5.41) is 0. The number of fused-ring (bicyclic) bond motifs is 2. The lowest BCUT2D eigenvalue weighted by molar-refractivity contribution is -0.131. The lowest BCUT2D eigenvalue weighted by atomic mass is 9.65. The molecule has 0 aromatic heterocycles. The Hall–Kier alpha value is 1.59. The first-order chi connectivity index (χ1) is 6.71. The Balaban J connectivity index is 2.61. The molecule has 2 rings (SSSR count). The molecular formula is C10H12Br4O. The van der Waals surface area contributed by atoms with E-state index >= 15 is 0 Å². The van der Waals surface area contributed by atoms with Gasteiger partial charge in [0.15, 0.2) is 5.78 Å². The van der Waals surface area contributed by atoms with Gasteiger partial charge in [-0.15, -0.1) is 0 Å². The van der Waals surface area contributed by atoms with Crippen LogP contribution in [-0.2, 0) is 4.79 Å². The van der Waals surface area contributed by atoms with E-state index < -0.39 is 0 Å². The maximum absolute atomic E-state index is 12.4. The molecule has 0 radical (unpaired) electrons. The summed E-state index contributed by atoms with van der Waals surface area (Å²) >= 11 is 14.6. The van der Waals surface area contributed by atoms with Crippen LogP contribution in [0.1, 0.15) is 26.7 Å². The first kappa shape index (κ1) is 13.0. The zero-order valence-electron chi connectivity index (χ0n) is 8.49. The summed E-state index contributed by atoms with van der Waals surface area (Å²) in [4.78, 5) is 12.6. The van der Waals surface area contributed by atoms with Crippen LogP contribution in [0.2, 0.25) is 0 Å². The minimum Gasteiger partial charge on any atom is -0.297 e.